The Morgan fingerprint density at radius 3 is 2.50 bits per heavy atom. The molecule has 0 radical (unpaired) electrons. The van der Waals surface area contributed by atoms with Gasteiger partial charge in [0.2, 0.25) is 5.95 Å². The van der Waals surface area contributed by atoms with Gasteiger partial charge in [-0.05, 0) is 44.4 Å². The summed E-state index contributed by atoms with van der Waals surface area (Å²) in [6, 6.07) is 4.54. The minimum atomic E-state index is -1.11. The summed E-state index contributed by atoms with van der Waals surface area (Å²) in [5, 5.41) is 30.4. The average molecular weight is 461 g/mol. The highest BCUT2D eigenvalue weighted by atomic mass is 35.5. The maximum Gasteiger partial charge on any atom is 0.337 e. The van der Waals surface area contributed by atoms with Gasteiger partial charge in [-0.1, -0.05) is 32.4 Å². The van der Waals surface area contributed by atoms with Crippen LogP contribution >= 0.6 is 11.6 Å². The van der Waals surface area contributed by atoms with E-state index in [1.807, 2.05) is 25.5 Å². The van der Waals surface area contributed by atoms with Crippen molar-refractivity contribution in [2.24, 2.45) is 0 Å². The van der Waals surface area contributed by atoms with E-state index in [0.717, 1.165) is 11.2 Å². The van der Waals surface area contributed by atoms with Crippen LogP contribution in [0.1, 0.15) is 69.1 Å². The first-order valence-corrected chi connectivity index (χ1v) is 11.0. The summed E-state index contributed by atoms with van der Waals surface area (Å²) in [6.07, 6.45) is 0.697. The van der Waals surface area contributed by atoms with Crippen molar-refractivity contribution < 1.29 is 15.0 Å². The maximum atomic E-state index is 11.5. The number of halogens is 1. The van der Waals surface area contributed by atoms with E-state index in [-0.39, 0.29) is 35.2 Å². The van der Waals surface area contributed by atoms with E-state index in [1.165, 1.54) is 12.1 Å². The molecule has 10 heteroatoms. The van der Waals surface area contributed by atoms with Crippen LogP contribution < -0.4 is 10.6 Å². The molecule has 2 aromatic heterocycles. The standard InChI is InChI=1S/C22H29ClN6O3/c1-6-13(10-30)25-22-26-18-17(11(2)3)28-29(12(4)5)19(18)20(27-22)24-14-7-8-16(23)15(9-14)21(31)32/h7-9,11-13,30H,6,10H2,1-5H3,(H,31,32)(H2,24,25,26,27). The predicted octanol–water partition coefficient (Wildman–Crippen LogP) is 4.81. The maximum absolute atomic E-state index is 11.5. The minimum absolute atomic E-state index is 0.00752. The van der Waals surface area contributed by atoms with Gasteiger partial charge >= 0.3 is 5.97 Å². The number of aromatic nitrogens is 4. The largest absolute Gasteiger partial charge is 0.478 e. The highest BCUT2D eigenvalue weighted by Crippen LogP contribution is 2.33. The van der Waals surface area contributed by atoms with Crippen molar-refractivity contribution >= 4 is 46.1 Å². The number of nitrogens with zero attached hydrogens (tertiary/aromatic N) is 4. The first kappa shape index (κ1) is 23.7. The monoisotopic (exact) mass is 460 g/mol. The van der Waals surface area contributed by atoms with Crippen LogP contribution in [0, 0.1) is 0 Å². The van der Waals surface area contributed by atoms with Gasteiger partial charge in [-0.15, -0.1) is 0 Å². The summed E-state index contributed by atoms with van der Waals surface area (Å²) in [7, 11) is 0. The van der Waals surface area contributed by atoms with E-state index in [4.69, 9.17) is 21.7 Å². The topological polar surface area (TPSA) is 125 Å². The molecule has 1 aromatic carbocycles. The number of carboxylic acid groups (broad SMARTS) is 1. The molecule has 0 aliphatic rings. The summed E-state index contributed by atoms with van der Waals surface area (Å²) >= 11 is 6.03. The lowest BCUT2D eigenvalue weighted by Crippen LogP contribution is -2.24. The molecule has 0 aliphatic carbocycles. The smallest absolute Gasteiger partial charge is 0.337 e. The third kappa shape index (κ3) is 4.78. The van der Waals surface area contributed by atoms with Gasteiger partial charge < -0.3 is 20.8 Å². The zero-order valence-electron chi connectivity index (χ0n) is 18.8. The summed E-state index contributed by atoms with van der Waals surface area (Å²) in [6.45, 7) is 10.1. The highest BCUT2D eigenvalue weighted by Gasteiger charge is 2.23. The highest BCUT2D eigenvalue weighted by molar-refractivity contribution is 6.33. The van der Waals surface area contributed by atoms with E-state index in [1.54, 1.807) is 6.07 Å². The molecule has 0 saturated heterocycles. The van der Waals surface area contributed by atoms with Crippen molar-refractivity contribution in [1.29, 1.82) is 0 Å². The summed E-state index contributed by atoms with van der Waals surface area (Å²) in [5.74, 6) is -0.144. The van der Waals surface area contributed by atoms with Crippen LogP contribution in [-0.4, -0.2) is 48.6 Å². The number of hydrogen-bond donors (Lipinski definition) is 4. The van der Waals surface area contributed by atoms with E-state index in [2.05, 4.69) is 29.5 Å². The predicted molar refractivity (Wildman–Crippen MR) is 126 cm³/mol. The Morgan fingerprint density at radius 1 is 1.22 bits per heavy atom. The molecule has 0 fully saturated rings. The van der Waals surface area contributed by atoms with Crippen LogP contribution in [0.5, 0.6) is 0 Å². The quantitative estimate of drug-likeness (QED) is 0.358. The van der Waals surface area contributed by atoms with Gasteiger partial charge in [0.05, 0.1) is 28.9 Å². The fraction of sp³-hybridized carbons (Fsp3) is 0.455. The third-order valence-corrected chi connectivity index (χ3v) is 5.44. The second kappa shape index (κ2) is 9.70. The second-order valence-corrected chi connectivity index (χ2v) is 8.64. The molecule has 1 atom stereocenters. The molecule has 0 spiro atoms. The molecule has 3 rings (SSSR count). The third-order valence-electron chi connectivity index (χ3n) is 5.11. The van der Waals surface area contributed by atoms with E-state index in [9.17, 15) is 15.0 Å². The fourth-order valence-corrected chi connectivity index (χ4v) is 3.54. The molecular formula is C22H29ClN6O3. The van der Waals surface area contributed by atoms with Crippen LogP contribution in [-0.2, 0) is 0 Å². The number of hydrogen-bond acceptors (Lipinski definition) is 7. The van der Waals surface area contributed by atoms with Gasteiger partial charge in [-0.2, -0.15) is 10.1 Å². The Hall–Kier alpha value is -2.91. The van der Waals surface area contributed by atoms with Gasteiger partial charge in [0.25, 0.3) is 0 Å². The van der Waals surface area contributed by atoms with E-state index in [0.29, 0.717) is 29.4 Å². The first-order valence-electron chi connectivity index (χ1n) is 10.6. The van der Waals surface area contributed by atoms with Crippen LogP contribution in [0.25, 0.3) is 11.0 Å². The Bertz CT molecular complexity index is 1120. The molecule has 0 saturated carbocycles. The van der Waals surface area contributed by atoms with E-state index < -0.39 is 5.97 Å². The zero-order chi connectivity index (χ0) is 23.6. The van der Waals surface area contributed by atoms with Gasteiger partial charge in [0.15, 0.2) is 5.82 Å². The molecule has 9 nitrogen and oxygen atoms in total. The molecule has 172 valence electrons. The molecule has 1 unspecified atom stereocenters. The second-order valence-electron chi connectivity index (χ2n) is 8.23. The number of fused-ring (bicyclic) bond motifs is 1. The number of nitrogens with one attached hydrogen (secondary N) is 2. The number of aromatic carboxylic acids is 1. The molecule has 0 aliphatic heterocycles. The Labute approximate surface area is 191 Å². The Kier molecular flexibility index (Phi) is 7.20. The molecule has 4 N–H and O–H groups in total. The lowest BCUT2D eigenvalue weighted by Gasteiger charge is -2.17. The fourth-order valence-electron chi connectivity index (χ4n) is 3.34. The number of anilines is 3. The van der Waals surface area contributed by atoms with Crippen molar-refractivity contribution in [3.05, 3.63) is 34.5 Å². The summed E-state index contributed by atoms with van der Waals surface area (Å²) in [4.78, 5) is 20.9. The van der Waals surface area contributed by atoms with Crippen LogP contribution in [0.3, 0.4) is 0 Å². The van der Waals surface area contributed by atoms with Crippen molar-refractivity contribution in [3.8, 4) is 0 Å². The first-order chi connectivity index (χ1) is 15.2. The van der Waals surface area contributed by atoms with Gasteiger partial charge in [0.1, 0.15) is 11.0 Å². The molecule has 32 heavy (non-hydrogen) atoms. The van der Waals surface area contributed by atoms with Crippen molar-refractivity contribution in [2.45, 2.75) is 59.0 Å². The number of benzene rings is 1. The number of carboxylic acids is 1. The summed E-state index contributed by atoms with van der Waals surface area (Å²) < 4.78 is 1.87. The molecular weight excluding hydrogens is 432 g/mol. The number of aliphatic hydroxyl groups excluding tert-OH is 1. The average Bonchev–Trinajstić information content (AvgIpc) is 3.13. The number of rotatable bonds is 9. The van der Waals surface area contributed by atoms with E-state index >= 15 is 0 Å². The molecule has 0 bridgehead atoms. The lowest BCUT2D eigenvalue weighted by atomic mass is 10.1. The van der Waals surface area contributed by atoms with Crippen molar-refractivity contribution in [3.63, 3.8) is 0 Å². The number of aliphatic hydroxyl groups is 1. The van der Waals surface area contributed by atoms with Crippen LogP contribution in [0.15, 0.2) is 18.2 Å². The summed E-state index contributed by atoms with van der Waals surface area (Å²) in [5.41, 5.74) is 2.77. The molecule has 3 aromatic rings. The van der Waals surface area contributed by atoms with Gasteiger partial charge in [-0.3, -0.25) is 4.68 Å². The zero-order valence-corrected chi connectivity index (χ0v) is 19.6. The Morgan fingerprint density at radius 2 is 1.94 bits per heavy atom. The van der Waals surface area contributed by atoms with Crippen LogP contribution in [0.2, 0.25) is 5.02 Å². The van der Waals surface area contributed by atoms with Crippen molar-refractivity contribution in [2.75, 3.05) is 17.2 Å². The Balaban J connectivity index is 2.22. The normalized spacial score (nSPS) is 12.5. The number of carbonyl (C=O) groups is 1. The van der Waals surface area contributed by atoms with Gasteiger partial charge in [0, 0.05) is 11.7 Å². The SMILES string of the molecule is CCC(CO)Nc1nc(Nc2ccc(Cl)c(C(=O)O)c2)c2c(n1)c(C(C)C)nn2C(C)C. The molecule has 2 heterocycles. The van der Waals surface area contributed by atoms with Crippen molar-refractivity contribution in [1.82, 2.24) is 19.7 Å². The minimum Gasteiger partial charge on any atom is -0.478 e. The lowest BCUT2D eigenvalue weighted by molar-refractivity contribution is 0.0697. The van der Waals surface area contributed by atoms with Gasteiger partial charge in [-0.25, -0.2) is 9.78 Å². The molecule has 0 amide bonds. The van der Waals surface area contributed by atoms with Crippen LogP contribution in [0.4, 0.5) is 17.5 Å².